The van der Waals surface area contributed by atoms with Crippen LogP contribution in [-0.4, -0.2) is 122 Å². The molecular formula is C37H43N11O9. The number of fused-ring (bicyclic) bond motifs is 2. The third-order valence-corrected chi connectivity index (χ3v) is 8.96. The highest BCUT2D eigenvalue weighted by molar-refractivity contribution is 5.97. The van der Waals surface area contributed by atoms with Gasteiger partial charge in [0.25, 0.3) is 0 Å². The number of aliphatic hydroxyl groups excluding tert-OH is 1. The van der Waals surface area contributed by atoms with Gasteiger partial charge in [-0.05, 0) is 23.3 Å². The Bertz CT molecular complexity index is 2220. The molecule has 0 saturated heterocycles. The summed E-state index contributed by atoms with van der Waals surface area (Å²) >= 11 is 0. The maximum Gasteiger partial charge on any atom is 0.322 e. The van der Waals surface area contributed by atoms with Crippen molar-refractivity contribution >= 4 is 63.2 Å². The summed E-state index contributed by atoms with van der Waals surface area (Å²) in [4.78, 5) is 103. The minimum atomic E-state index is -1.63. The maximum absolute atomic E-state index is 13.9. The van der Waals surface area contributed by atoms with E-state index in [1.807, 2.05) is 36.4 Å². The van der Waals surface area contributed by atoms with Crippen LogP contribution in [0.3, 0.4) is 0 Å². The molecule has 57 heavy (non-hydrogen) atoms. The van der Waals surface area contributed by atoms with Gasteiger partial charge < -0.3 is 62.8 Å². The van der Waals surface area contributed by atoms with Crippen LogP contribution in [-0.2, 0) is 52.8 Å². The highest BCUT2D eigenvalue weighted by Gasteiger charge is 2.32. The SMILES string of the molecule is NCC(=O)NCC(=O)N[C@@H](Cc1c[nH]c2ccccc12)C(=O)N[C@@H](CO)C(=O)N[C@@H](Cc1cnc[nH]1)C(=O)N[C@@H](Cc1c[nH]c2ccccc12)C(=O)NCC(=O)O. The lowest BCUT2D eigenvalue weighted by Crippen LogP contribution is -2.60. The number of aromatic amines is 3. The van der Waals surface area contributed by atoms with Crippen molar-refractivity contribution in [2.75, 3.05) is 26.2 Å². The number of aliphatic carboxylic acids is 1. The number of nitrogens with one attached hydrogen (secondary N) is 9. The average Bonchev–Trinajstić information content (AvgIpc) is 3.98. The normalized spacial score (nSPS) is 13.2. The van der Waals surface area contributed by atoms with Crippen molar-refractivity contribution in [2.24, 2.45) is 5.73 Å². The Morgan fingerprint density at radius 1 is 0.632 bits per heavy atom. The molecule has 0 fully saturated rings. The lowest BCUT2D eigenvalue weighted by molar-refractivity contribution is -0.138. The molecule has 5 rings (SSSR count). The topological polar surface area (TPSA) is 318 Å². The molecule has 0 bridgehead atoms. The van der Waals surface area contributed by atoms with E-state index in [1.54, 1.807) is 24.5 Å². The minimum absolute atomic E-state index is 0.0549. The molecule has 0 radical (unpaired) electrons. The van der Waals surface area contributed by atoms with Gasteiger partial charge in [-0.25, -0.2) is 4.98 Å². The molecule has 4 atom stereocenters. The van der Waals surface area contributed by atoms with Gasteiger partial charge in [0.2, 0.25) is 35.4 Å². The van der Waals surface area contributed by atoms with Crippen LogP contribution >= 0.6 is 0 Å². The van der Waals surface area contributed by atoms with Crippen LogP contribution in [0.15, 0.2) is 73.4 Å². The standard InChI is InChI=1S/C37H43N11O9/c38-12-31(50)42-16-32(51)45-28(10-21-14-41-26-8-4-2-6-24(21)26)35(55)48-30(18-49)37(57)47-29(11-22-15-39-19-44-22)36(56)46-27(34(54)43-17-33(52)53)9-20-13-40-25-7-3-1-5-23(20)25/h1-8,13-15,19,27-30,40-41,49H,9-12,16-18,38H2,(H,39,44)(H,42,50)(H,43,54)(H,45,51)(H,46,56)(H,47,57)(H,48,55)(H,52,53)/t27-,28-,29-,30-/m0/s1. The van der Waals surface area contributed by atoms with Crippen molar-refractivity contribution in [1.29, 1.82) is 0 Å². The second kappa shape index (κ2) is 19.5. The summed E-state index contributed by atoms with van der Waals surface area (Å²) < 4.78 is 0. The number of aromatic nitrogens is 4. The minimum Gasteiger partial charge on any atom is -0.480 e. The molecule has 300 valence electrons. The number of hydrogen-bond donors (Lipinski definition) is 12. The first-order valence-electron chi connectivity index (χ1n) is 17.8. The molecule has 20 nitrogen and oxygen atoms in total. The first kappa shape index (κ1) is 41.1. The number of carboxylic acids is 1. The fourth-order valence-corrected chi connectivity index (χ4v) is 6.08. The molecule has 0 aliphatic carbocycles. The zero-order chi connectivity index (χ0) is 40.9. The van der Waals surface area contributed by atoms with E-state index in [1.165, 1.54) is 12.5 Å². The molecule has 6 amide bonds. The van der Waals surface area contributed by atoms with Crippen LogP contribution in [0.4, 0.5) is 0 Å². The molecule has 3 aromatic heterocycles. The zero-order valence-electron chi connectivity index (χ0n) is 30.5. The number of nitrogens with zero attached hydrogens (tertiary/aromatic N) is 1. The van der Waals surface area contributed by atoms with Crippen molar-refractivity contribution in [3.8, 4) is 0 Å². The van der Waals surface area contributed by atoms with Gasteiger partial charge in [0, 0.05) is 65.4 Å². The predicted octanol–water partition coefficient (Wildman–Crippen LogP) is -2.39. The van der Waals surface area contributed by atoms with Crippen LogP contribution < -0.4 is 37.6 Å². The van der Waals surface area contributed by atoms with Crippen LogP contribution in [0.1, 0.15) is 16.8 Å². The van der Waals surface area contributed by atoms with Gasteiger partial charge in [-0.15, -0.1) is 0 Å². The molecule has 0 aliphatic rings. The Labute approximate surface area is 324 Å². The van der Waals surface area contributed by atoms with E-state index in [9.17, 15) is 43.8 Å². The van der Waals surface area contributed by atoms with Crippen LogP contribution in [0.2, 0.25) is 0 Å². The molecular weight excluding hydrogens is 742 g/mol. The third kappa shape index (κ3) is 11.2. The van der Waals surface area contributed by atoms with Crippen LogP contribution in [0.25, 0.3) is 21.8 Å². The number of carboxylic acid groups (broad SMARTS) is 1. The number of carbonyl (C=O) groups excluding carboxylic acids is 6. The Kier molecular flexibility index (Phi) is 14.1. The summed E-state index contributed by atoms with van der Waals surface area (Å²) in [5.74, 6) is -6.12. The number of amides is 6. The molecule has 20 heteroatoms. The molecule has 5 aromatic rings. The largest absolute Gasteiger partial charge is 0.480 e. The highest BCUT2D eigenvalue weighted by atomic mass is 16.4. The van der Waals surface area contributed by atoms with E-state index < -0.39 is 85.3 Å². The summed E-state index contributed by atoms with van der Waals surface area (Å²) in [6, 6.07) is 8.87. The van der Waals surface area contributed by atoms with Crippen molar-refractivity contribution in [3.63, 3.8) is 0 Å². The molecule has 0 saturated carbocycles. The summed E-state index contributed by atoms with van der Waals surface area (Å²) in [6.07, 6.45) is 5.81. The van der Waals surface area contributed by atoms with Gasteiger partial charge in [-0.1, -0.05) is 36.4 Å². The fraction of sp³-hybridized carbons (Fsp3) is 0.297. The number of carbonyl (C=O) groups is 7. The first-order chi connectivity index (χ1) is 27.4. The van der Waals surface area contributed by atoms with E-state index in [0.717, 1.165) is 21.8 Å². The number of H-pyrrole nitrogens is 3. The summed E-state index contributed by atoms with van der Waals surface area (Å²) in [7, 11) is 0. The second-order valence-corrected chi connectivity index (χ2v) is 13.0. The lowest BCUT2D eigenvalue weighted by atomic mass is 10.0. The quantitative estimate of drug-likeness (QED) is 0.0395. The monoisotopic (exact) mass is 785 g/mol. The first-order valence-corrected chi connectivity index (χ1v) is 17.8. The van der Waals surface area contributed by atoms with Gasteiger partial charge in [-0.3, -0.25) is 33.6 Å². The molecule has 0 unspecified atom stereocenters. The van der Waals surface area contributed by atoms with E-state index in [2.05, 4.69) is 51.8 Å². The third-order valence-electron chi connectivity index (χ3n) is 8.96. The Hall–Kier alpha value is -7.06. The van der Waals surface area contributed by atoms with Gasteiger partial charge in [-0.2, -0.15) is 0 Å². The number of rotatable bonds is 20. The van der Waals surface area contributed by atoms with E-state index in [4.69, 9.17) is 5.73 Å². The summed E-state index contributed by atoms with van der Waals surface area (Å²) in [5.41, 5.74) is 8.54. The zero-order valence-corrected chi connectivity index (χ0v) is 30.5. The van der Waals surface area contributed by atoms with Crippen molar-refractivity contribution in [2.45, 2.75) is 43.4 Å². The second-order valence-electron chi connectivity index (χ2n) is 13.0. The number of nitrogens with two attached hydrogens (primary N) is 1. The van der Waals surface area contributed by atoms with Crippen LogP contribution in [0.5, 0.6) is 0 Å². The number of imidazole rings is 1. The van der Waals surface area contributed by atoms with Crippen molar-refractivity contribution in [1.82, 2.24) is 51.8 Å². The van der Waals surface area contributed by atoms with E-state index in [-0.39, 0.29) is 25.8 Å². The van der Waals surface area contributed by atoms with Gasteiger partial charge in [0.05, 0.1) is 26.0 Å². The highest BCUT2D eigenvalue weighted by Crippen LogP contribution is 2.20. The van der Waals surface area contributed by atoms with Crippen LogP contribution in [0, 0.1) is 0 Å². The number of para-hydroxylation sites is 2. The molecule has 2 aromatic carbocycles. The Balaban J connectivity index is 1.33. The molecule has 13 N–H and O–H groups in total. The van der Waals surface area contributed by atoms with Gasteiger partial charge >= 0.3 is 5.97 Å². The average molecular weight is 786 g/mol. The van der Waals surface area contributed by atoms with Crippen molar-refractivity contribution in [3.05, 3.63) is 90.3 Å². The Morgan fingerprint density at radius 3 is 1.68 bits per heavy atom. The number of aliphatic hydroxyl groups is 1. The van der Waals surface area contributed by atoms with Crippen molar-refractivity contribution < 1.29 is 43.8 Å². The lowest BCUT2D eigenvalue weighted by Gasteiger charge is -2.26. The molecule has 0 spiro atoms. The molecule has 3 heterocycles. The summed E-state index contributed by atoms with van der Waals surface area (Å²) in [6.45, 7) is -2.48. The maximum atomic E-state index is 13.9. The number of hydrogen-bond acceptors (Lipinski definition) is 10. The van der Waals surface area contributed by atoms with E-state index in [0.29, 0.717) is 16.8 Å². The Morgan fingerprint density at radius 2 is 1.16 bits per heavy atom. The number of benzene rings is 2. The van der Waals surface area contributed by atoms with E-state index >= 15 is 0 Å². The van der Waals surface area contributed by atoms with Gasteiger partial charge in [0.1, 0.15) is 30.7 Å². The predicted molar refractivity (Wildman–Crippen MR) is 204 cm³/mol. The smallest absolute Gasteiger partial charge is 0.322 e. The molecule has 0 aliphatic heterocycles. The van der Waals surface area contributed by atoms with Gasteiger partial charge in [0.15, 0.2) is 0 Å². The summed E-state index contributed by atoms with van der Waals surface area (Å²) in [5, 5.41) is 35.7. The fourth-order valence-electron chi connectivity index (χ4n) is 6.08.